The maximum Gasteiger partial charge on any atom is 0.490 e. The SMILES string of the molecule is CCN1C(=CC=CC2=[N+](CCCCCCC(=O)NC(CCC(C)(C)SSCCC(=O)NCC#Cc3cn(C4CC(O)C(COP(=O)(O)OP(=O)(O)OP(=O)(O)O)O4)c4ncnc(N)c34)C(=O)NC(CC(=O)O)C(=O)NC(CC(=O)O)C(=O)O)c3ccc(C)cc3C2(C)C)C(C)(C)c2cc(C)ccc21. The van der Waals surface area contributed by atoms with Gasteiger partial charge in [-0.15, -0.1) is 0 Å². The van der Waals surface area contributed by atoms with E-state index >= 15 is 0 Å². The minimum atomic E-state index is -5.81. The Balaban J connectivity index is 0.939. The van der Waals surface area contributed by atoms with E-state index < -0.39 is 120 Å². The van der Waals surface area contributed by atoms with Gasteiger partial charge in [-0.1, -0.05) is 89.1 Å². The molecule has 7 rings (SSSR count). The molecule has 8 unspecified atom stereocenters. The summed E-state index contributed by atoms with van der Waals surface area (Å²) in [5.74, 6) is -1.83. The third-order valence-corrected chi connectivity index (χ3v) is 24.6. The van der Waals surface area contributed by atoms with Crippen LogP contribution in [0.2, 0.25) is 0 Å². The summed E-state index contributed by atoms with van der Waals surface area (Å²) in [5, 5.41) is 49.5. The van der Waals surface area contributed by atoms with Crippen molar-refractivity contribution < 1.29 is 110 Å². The number of aliphatic carboxylic acids is 3. The predicted molar refractivity (Wildman–Crippen MR) is 384 cm³/mol. The number of aromatic nitrogens is 3. The number of carbonyl (C=O) groups excluding carboxylic acids is 4. The second kappa shape index (κ2) is 35.2. The van der Waals surface area contributed by atoms with E-state index in [2.05, 4.69) is 163 Å². The van der Waals surface area contributed by atoms with Gasteiger partial charge in [-0.25, -0.2) is 28.5 Å². The Labute approximate surface area is 603 Å². The number of nitrogens with one attached hydrogen (secondary N) is 4. The number of allylic oxidation sites excluding steroid dienone is 4. The van der Waals surface area contributed by atoms with Gasteiger partial charge in [-0.3, -0.25) is 33.3 Å². The monoisotopic (exact) mass is 1530 g/mol. The van der Waals surface area contributed by atoms with Crippen LogP contribution in [0.5, 0.6) is 0 Å². The number of likely N-dealkylation sites (N-methyl/N-ethyl adjacent to an activating group) is 1. The number of aliphatic hydroxyl groups is 1. The smallest absolute Gasteiger partial charge is 0.481 e. The van der Waals surface area contributed by atoms with Gasteiger partial charge < -0.3 is 81.2 Å². The molecule has 37 heteroatoms. The fourth-order valence-electron chi connectivity index (χ4n) is 12.3. The van der Waals surface area contributed by atoms with Crippen molar-refractivity contribution in [2.24, 2.45) is 0 Å². The minimum Gasteiger partial charge on any atom is -0.481 e. The van der Waals surface area contributed by atoms with E-state index in [1.54, 1.807) is 0 Å². The summed E-state index contributed by atoms with van der Waals surface area (Å²) in [6.45, 7) is 19.6. The second-order valence-electron chi connectivity index (χ2n) is 26.7. The Kier molecular flexibility index (Phi) is 28.3. The molecule has 3 aliphatic rings. The number of phosphoric acid groups is 3. The summed E-state index contributed by atoms with van der Waals surface area (Å²) < 4.78 is 56.2. The fraction of sp³-hybridized carbons (Fsp3) is 0.515. The van der Waals surface area contributed by atoms with Crippen molar-refractivity contribution in [2.75, 3.05) is 42.6 Å². The highest BCUT2D eigenvalue weighted by Gasteiger charge is 2.46. The number of rotatable bonds is 37. The average Bonchev–Trinajstić information content (AvgIpc) is 1.60. The number of hydrogen-bond acceptors (Lipinski definition) is 21. The van der Waals surface area contributed by atoms with Crippen molar-refractivity contribution in [3.05, 3.63) is 101 Å². The predicted octanol–water partition coefficient (Wildman–Crippen LogP) is 7.19. The van der Waals surface area contributed by atoms with E-state index in [0.717, 1.165) is 42.7 Å². The lowest BCUT2D eigenvalue weighted by Crippen LogP contribution is -2.56. The van der Waals surface area contributed by atoms with Gasteiger partial charge in [0.1, 0.15) is 54.8 Å². The van der Waals surface area contributed by atoms with Gasteiger partial charge in [0.2, 0.25) is 29.3 Å². The molecule has 3 aliphatic heterocycles. The van der Waals surface area contributed by atoms with E-state index in [-0.39, 0.29) is 77.8 Å². The molecular formula is C66H90N10O22P3S2+. The lowest BCUT2D eigenvalue weighted by molar-refractivity contribution is -0.438. The number of nitrogens with zero attached hydrogens (tertiary/aromatic N) is 5. The van der Waals surface area contributed by atoms with Crippen molar-refractivity contribution >= 4 is 121 Å². The summed E-state index contributed by atoms with van der Waals surface area (Å²) in [5.41, 5.74) is 15.8. The van der Waals surface area contributed by atoms with Crippen LogP contribution < -0.4 is 31.9 Å². The lowest BCUT2D eigenvalue weighted by atomic mass is 9.80. The number of carboxylic acid groups (broad SMARTS) is 3. The van der Waals surface area contributed by atoms with E-state index in [0.29, 0.717) is 25.1 Å². The van der Waals surface area contributed by atoms with Crippen molar-refractivity contribution in [2.45, 2.75) is 185 Å². The summed E-state index contributed by atoms with van der Waals surface area (Å²) in [6.07, 6.45) is 6.23. The zero-order valence-electron chi connectivity index (χ0n) is 58.4. The number of carbonyl (C=O) groups is 7. The molecular weight excluding hydrogens is 1440 g/mol. The number of nitrogen functional groups attached to an aromatic ring is 1. The lowest BCUT2D eigenvalue weighted by Gasteiger charge is -2.27. The molecule has 8 atom stereocenters. The molecule has 103 heavy (non-hydrogen) atoms. The molecule has 2 aromatic heterocycles. The number of nitrogens with two attached hydrogens (primary N) is 1. The molecule has 14 N–H and O–H groups in total. The van der Waals surface area contributed by atoms with Gasteiger partial charge in [0.15, 0.2) is 5.71 Å². The number of phosphoric ester groups is 1. The summed E-state index contributed by atoms with van der Waals surface area (Å²) in [4.78, 5) is 137. The maximum atomic E-state index is 14.2. The quantitative estimate of drug-likeness (QED) is 0.00698. The molecule has 4 aromatic rings. The van der Waals surface area contributed by atoms with Crippen molar-refractivity contribution in [3.63, 3.8) is 0 Å². The maximum absolute atomic E-state index is 14.2. The number of amides is 4. The van der Waals surface area contributed by atoms with Gasteiger partial charge in [0.05, 0.1) is 48.5 Å². The first-order chi connectivity index (χ1) is 48.1. The molecule has 1 fully saturated rings. The number of unbranched alkanes of at least 4 members (excludes halogenated alkanes) is 3. The molecule has 562 valence electrons. The summed E-state index contributed by atoms with van der Waals surface area (Å²) in [7, 11) is -14.3. The van der Waals surface area contributed by atoms with Gasteiger partial charge in [-0.05, 0) is 97.9 Å². The zero-order chi connectivity index (χ0) is 76.2. The Morgan fingerprint density at radius 2 is 1.49 bits per heavy atom. The Bertz CT molecular complexity index is 4190. The van der Waals surface area contributed by atoms with Crippen LogP contribution in [0.15, 0.2) is 72.8 Å². The molecule has 5 heterocycles. The number of hydrogen-bond donors (Lipinski definition) is 13. The van der Waals surface area contributed by atoms with Gasteiger partial charge in [-0.2, -0.15) is 13.2 Å². The highest BCUT2D eigenvalue weighted by molar-refractivity contribution is 8.77. The molecule has 1 saturated heterocycles. The van der Waals surface area contributed by atoms with E-state index in [1.165, 1.54) is 60.4 Å². The topological polar surface area (TPSA) is 481 Å². The second-order valence-corrected chi connectivity index (χ2v) is 34.2. The van der Waals surface area contributed by atoms with Crippen LogP contribution in [-0.4, -0.2) is 173 Å². The molecule has 32 nitrogen and oxygen atoms in total. The average molecular weight is 1530 g/mol. The van der Waals surface area contributed by atoms with Crippen molar-refractivity contribution in [1.29, 1.82) is 0 Å². The number of aryl methyl sites for hydroxylation is 2. The van der Waals surface area contributed by atoms with Crippen LogP contribution in [0, 0.1) is 25.7 Å². The van der Waals surface area contributed by atoms with Crippen molar-refractivity contribution in [3.8, 4) is 11.8 Å². The van der Waals surface area contributed by atoms with E-state index in [9.17, 15) is 77.5 Å². The number of benzene rings is 2. The number of carboxylic acids is 3. The highest BCUT2D eigenvalue weighted by Crippen LogP contribution is 2.66. The first-order valence-electron chi connectivity index (χ1n) is 33.0. The molecule has 0 bridgehead atoms. The van der Waals surface area contributed by atoms with Crippen molar-refractivity contribution in [1.82, 2.24) is 35.8 Å². The normalized spacial score (nSPS) is 19.4. The third-order valence-electron chi connectivity index (χ3n) is 17.4. The Morgan fingerprint density at radius 1 is 0.835 bits per heavy atom. The van der Waals surface area contributed by atoms with Gasteiger partial charge in [0.25, 0.3) is 0 Å². The van der Waals surface area contributed by atoms with Crippen LogP contribution in [-0.2, 0) is 76.0 Å². The summed E-state index contributed by atoms with van der Waals surface area (Å²) in [6, 6.07) is 8.02. The van der Waals surface area contributed by atoms with Crippen LogP contribution in [0.25, 0.3) is 11.0 Å². The summed E-state index contributed by atoms with van der Waals surface area (Å²) >= 11 is 0. The van der Waals surface area contributed by atoms with Gasteiger partial charge >= 0.3 is 41.4 Å². The van der Waals surface area contributed by atoms with Crippen LogP contribution >= 0.6 is 45.1 Å². The molecule has 2 aromatic carbocycles. The van der Waals surface area contributed by atoms with Crippen LogP contribution in [0.4, 0.5) is 17.2 Å². The molecule has 0 aliphatic carbocycles. The Morgan fingerprint density at radius 3 is 2.16 bits per heavy atom. The largest absolute Gasteiger partial charge is 0.490 e. The zero-order valence-corrected chi connectivity index (χ0v) is 62.7. The first-order valence-corrected chi connectivity index (χ1v) is 39.9. The molecule has 0 saturated carbocycles. The minimum absolute atomic E-state index is 0.0101. The van der Waals surface area contributed by atoms with E-state index in [1.807, 2.05) is 19.2 Å². The molecule has 4 amide bonds. The fourth-order valence-corrected chi connectivity index (χ4v) is 17.9. The highest BCUT2D eigenvalue weighted by atomic mass is 33.1. The number of anilines is 2. The van der Waals surface area contributed by atoms with Crippen LogP contribution in [0.1, 0.15) is 153 Å². The number of ether oxygens (including phenoxy) is 1. The molecule has 0 radical (unpaired) electrons. The Hall–Kier alpha value is -7.31. The first kappa shape index (κ1) is 83.0. The third kappa shape index (κ3) is 22.8. The van der Waals surface area contributed by atoms with Crippen LogP contribution in [0.3, 0.4) is 0 Å². The standard InChI is InChI=1S/C66H89N10O22P3S2/c1-10-74-47-23-21-39(2)31-42(47)65(6,7)51(74)18-15-19-52-66(8,9)43-32-40(3)22-24-48(43)75(52)29-14-12-11-13-20-54(79)71-44(61(84)72-45(33-56(80)81)62(85)73-46(63(86)87)34-57(82)83)25-27-64(4,5)103-102-30-26-53(78)68-28-16-17-41-36-76(60-58(41)59(67)69-38-70-60)55-35-49(77)50(96-55)37-95-100(91,92)98-101(93,94)97-99(88,89)90/h15,18-19,21-24,31-32,36,38,44-46,49-50,55,77H,10-14,20,25-30,33-35,37H2,1-9H3,(H12-,67,68,69,70,71,72,73,78,79,80,81,82,83,84,85,86,87,88,89,90,91,92,93,94)/p+1. The number of aliphatic hydroxyl groups excluding tert-OH is 1. The number of fused-ring (bicyclic) bond motifs is 3. The van der Waals surface area contributed by atoms with E-state index in [4.69, 9.17) is 20.3 Å². The molecule has 0 spiro atoms. The van der Waals surface area contributed by atoms with Gasteiger partial charge in [0, 0.05) is 83.4 Å².